The second-order valence-corrected chi connectivity index (χ2v) is 4.90. The predicted molar refractivity (Wildman–Crippen MR) is 65.5 cm³/mol. The Morgan fingerprint density at radius 1 is 1.50 bits per heavy atom. The molecule has 0 spiro atoms. The maximum atomic E-state index is 4.42. The van der Waals surface area contributed by atoms with E-state index in [-0.39, 0.29) is 0 Å². The van der Waals surface area contributed by atoms with Crippen molar-refractivity contribution in [1.29, 1.82) is 0 Å². The lowest BCUT2D eigenvalue weighted by molar-refractivity contribution is 0.229. The quantitative estimate of drug-likeness (QED) is 0.731. The van der Waals surface area contributed by atoms with E-state index in [0.717, 1.165) is 18.6 Å². The summed E-state index contributed by atoms with van der Waals surface area (Å²) in [6, 6.07) is 2.71. The van der Waals surface area contributed by atoms with Crippen LogP contribution in [0.15, 0.2) is 12.3 Å². The van der Waals surface area contributed by atoms with Crippen molar-refractivity contribution in [2.75, 3.05) is 7.05 Å². The summed E-state index contributed by atoms with van der Waals surface area (Å²) in [5.74, 6) is 0. The number of likely N-dealkylation sites (N-methyl/N-ethyl adjacent to an activating group) is 1. The summed E-state index contributed by atoms with van der Waals surface area (Å²) in [7, 11) is 2.18. The second-order valence-electron chi connectivity index (χ2n) is 4.90. The molecular formula is C13H17N3. The number of nitrogens with zero attached hydrogens (tertiary/aromatic N) is 2. The first kappa shape index (κ1) is 9.85. The molecule has 0 unspecified atom stereocenters. The van der Waals surface area contributed by atoms with E-state index in [4.69, 9.17) is 0 Å². The van der Waals surface area contributed by atoms with Gasteiger partial charge in [0.05, 0.1) is 0 Å². The fourth-order valence-electron chi connectivity index (χ4n) is 2.62. The third-order valence-electron chi connectivity index (χ3n) is 3.75. The lowest BCUT2D eigenvalue weighted by Crippen LogP contribution is -2.34. The molecule has 84 valence electrons. The van der Waals surface area contributed by atoms with Crippen LogP contribution in [0.4, 0.5) is 0 Å². The zero-order valence-corrected chi connectivity index (χ0v) is 10.0. The molecule has 0 saturated carbocycles. The van der Waals surface area contributed by atoms with Crippen LogP contribution in [0.25, 0.3) is 11.0 Å². The minimum absolute atomic E-state index is 0.617. The third-order valence-corrected chi connectivity index (χ3v) is 3.75. The monoisotopic (exact) mass is 215 g/mol. The molecule has 0 fully saturated rings. The van der Waals surface area contributed by atoms with Crippen molar-refractivity contribution in [3.05, 3.63) is 29.1 Å². The van der Waals surface area contributed by atoms with Crippen LogP contribution in [-0.2, 0) is 13.0 Å². The van der Waals surface area contributed by atoms with Gasteiger partial charge in [-0.15, -0.1) is 0 Å². The zero-order chi connectivity index (χ0) is 11.3. The lowest BCUT2D eigenvalue weighted by atomic mass is 9.97. The van der Waals surface area contributed by atoms with E-state index < -0.39 is 0 Å². The van der Waals surface area contributed by atoms with Crippen LogP contribution in [0.3, 0.4) is 0 Å². The summed E-state index contributed by atoms with van der Waals surface area (Å²) in [5, 5.41) is 1.34. The van der Waals surface area contributed by atoms with Gasteiger partial charge in [0, 0.05) is 29.9 Å². The molecule has 0 amide bonds. The maximum Gasteiger partial charge on any atom is 0.138 e. The van der Waals surface area contributed by atoms with Crippen LogP contribution >= 0.6 is 0 Å². The van der Waals surface area contributed by atoms with Gasteiger partial charge >= 0.3 is 0 Å². The van der Waals surface area contributed by atoms with Crippen molar-refractivity contribution in [1.82, 2.24) is 14.9 Å². The third kappa shape index (κ3) is 1.28. The highest BCUT2D eigenvalue weighted by Crippen LogP contribution is 2.30. The summed E-state index contributed by atoms with van der Waals surface area (Å²) in [4.78, 5) is 10.3. The van der Waals surface area contributed by atoms with Gasteiger partial charge in [0.1, 0.15) is 5.65 Å². The summed E-state index contributed by atoms with van der Waals surface area (Å²) in [6.07, 6.45) is 3.01. The van der Waals surface area contributed by atoms with E-state index in [2.05, 4.69) is 41.8 Å². The fraction of sp³-hybridized carbons (Fsp3) is 0.462. The van der Waals surface area contributed by atoms with Gasteiger partial charge in [0.15, 0.2) is 0 Å². The molecule has 2 aromatic heterocycles. The average Bonchev–Trinajstić information content (AvgIpc) is 2.58. The number of hydrogen-bond acceptors (Lipinski definition) is 2. The van der Waals surface area contributed by atoms with E-state index in [1.54, 1.807) is 0 Å². The smallest absolute Gasteiger partial charge is 0.138 e. The second kappa shape index (κ2) is 3.32. The summed E-state index contributed by atoms with van der Waals surface area (Å²) < 4.78 is 0. The van der Waals surface area contributed by atoms with Crippen molar-refractivity contribution in [2.24, 2.45) is 0 Å². The summed E-state index contributed by atoms with van der Waals surface area (Å²) in [5.41, 5.74) is 5.20. The molecule has 0 radical (unpaired) electrons. The molecule has 1 aliphatic rings. The Balaban J connectivity index is 2.26. The molecule has 1 N–H and O–H groups in total. The van der Waals surface area contributed by atoms with Crippen LogP contribution in [-0.4, -0.2) is 28.0 Å². The van der Waals surface area contributed by atoms with Crippen molar-refractivity contribution in [2.45, 2.75) is 32.9 Å². The molecule has 0 bridgehead atoms. The Morgan fingerprint density at radius 2 is 2.31 bits per heavy atom. The van der Waals surface area contributed by atoms with E-state index in [1.165, 1.54) is 22.2 Å². The molecule has 16 heavy (non-hydrogen) atoms. The van der Waals surface area contributed by atoms with Gasteiger partial charge in [-0.3, -0.25) is 4.90 Å². The van der Waals surface area contributed by atoms with Gasteiger partial charge in [0.25, 0.3) is 0 Å². The predicted octanol–water partition coefficient (Wildman–Crippen LogP) is 2.25. The Kier molecular flexibility index (Phi) is 2.04. The van der Waals surface area contributed by atoms with Crippen molar-refractivity contribution >= 4 is 11.0 Å². The van der Waals surface area contributed by atoms with Crippen LogP contribution < -0.4 is 0 Å². The number of H-pyrrole nitrogens is 1. The maximum absolute atomic E-state index is 4.42. The normalized spacial score (nSPS) is 21.3. The number of hydrogen-bond donors (Lipinski definition) is 1. The minimum Gasteiger partial charge on any atom is -0.342 e. The molecule has 1 atom stereocenters. The first-order chi connectivity index (χ1) is 7.66. The Hall–Kier alpha value is -1.35. The number of pyridine rings is 1. The van der Waals surface area contributed by atoms with Gasteiger partial charge < -0.3 is 4.98 Å². The Bertz CT molecular complexity index is 541. The molecule has 3 nitrogen and oxygen atoms in total. The molecule has 0 aromatic carbocycles. The first-order valence-corrected chi connectivity index (χ1v) is 5.82. The van der Waals surface area contributed by atoms with Crippen LogP contribution in [0.2, 0.25) is 0 Å². The highest BCUT2D eigenvalue weighted by Gasteiger charge is 2.24. The van der Waals surface area contributed by atoms with Crippen molar-refractivity contribution in [3.8, 4) is 0 Å². The molecule has 0 aliphatic carbocycles. The van der Waals surface area contributed by atoms with Crippen molar-refractivity contribution < 1.29 is 0 Å². The van der Waals surface area contributed by atoms with Gasteiger partial charge in [-0.25, -0.2) is 4.98 Å². The average molecular weight is 215 g/mol. The zero-order valence-electron chi connectivity index (χ0n) is 10.0. The number of aromatic nitrogens is 2. The Labute approximate surface area is 95.5 Å². The first-order valence-electron chi connectivity index (χ1n) is 5.82. The SMILES string of the molecule is Cc1ccnc2[nH]c3c(c12)C[C@@H](C)N(C)C3. The van der Waals surface area contributed by atoms with E-state index >= 15 is 0 Å². The number of aromatic amines is 1. The van der Waals surface area contributed by atoms with Gasteiger partial charge in [-0.1, -0.05) is 0 Å². The molecule has 3 rings (SSSR count). The highest BCUT2D eigenvalue weighted by molar-refractivity contribution is 5.84. The summed E-state index contributed by atoms with van der Waals surface area (Å²) in [6.45, 7) is 5.46. The minimum atomic E-state index is 0.617. The molecule has 1 aliphatic heterocycles. The van der Waals surface area contributed by atoms with E-state index in [1.807, 2.05) is 6.20 Å². The van der Waals surface area contributed by atoms with Crippen LogP contribution in [0, 0.1) is 6.92 Å². The number of aryl methyl sites for hydroxylation is 1. The van der Waals surface area contributed by atoms with Crippen LogP contribution in [0.5, 0.6) is 0 Å². The number of rotatable bonds is 0. The standard InChI is InChI=1S/C13H17N3/c1-8-4-5-14-13-12(8)10-6-9(2)16(3)7-11(10)15-13/h4-5,9H,6-7H2,1-3H3,(H,14,15)/t9-/m1/s1. The fourth-order valence-corrected chi connectivity index (χ4v) is 2.62. The Morgan fingerprint density at radius 3 is 3.12 bits per heavy atom. The van der Waals surface area contributed by atoms with E-state index in [9.17, 15) is 0 Å². The molecule has 2 aromatic rings. The van der Waals surface area contributed by atoms with E-state index in [0.29, 0.717) is 6.04 Å². The molecule has 0 saturated heterocycles. The number of fused-ring (bicyclic) bond motifs is 3. The largest absolute Gasteiger partial charge is 0.342 e. The number of nitrogens with one attached hydrogen (secondary N) is 1. The molecular weight excluding hydrogens is 198 g/mol. The van der Waals surface area contributed by atoms with Gasteiger partial charge in [-0.05, 0) is 44.5 Å². The van der Waals surface area contributed by atoms with Gasteiger partial charge in [0.2, 0.25) is 0 Å². The van der Waals surface area contributed by atoms with Crippen LogP contribution in [0.1, 0.15) is 23.7 Å². The lowest BCUT2D eigenvalue weighted by Gasteiger charge is -2.29. The summed E-state index contributed by atoms with van der Waals surface area (Å²) >= 11 is 0. The highest BCUT2D eigenvalue weighted by atomic mass is 15.1. The van der Waals surface area contributed by atoms with Crippen molar-refractivity contribution in [3.63, 3.8) is 0 Å². The topological polar surface area (TPSA) is 31.9 Å². The molecule has 3 heterocycles. The van der Waals surface area contributed by atoms with Gasteiger partial charge in [-0.2, -0.15) is 0 Å². The molecule has 3 heteroatoms.